The van der Waals surface area contributed by atoms with E-state index in [1.165, 1.54) is 3.61 Å². The Morgan fingerprint density at radius 3 is 3.00 bits per heavy atom. The van der Waals surface area contributed by atoms with Gasteiger partial charge in [-0.3, -0.25) is 0 Å². The first-order valence-electron chi connectivity index (χ1n) is 3.52. The summed E-state index contributed by atoms with van der Waals surface area (Å²) in [5.41, 5.74) is 1.14. The number of rotatable bonds is 0. The van der Waals surface area contributed by atoms with Crippen molar-refractivity contribution in [1.29, 1.82) is 0 Å². The Morgan fingerprint density at radius 1 is 1.50 bits per heavy atom. The van der Waals surface area contributed by atoms with Gasteiger partial charge in [-0.2, -0.15) is 0 Å². The van der Waals surface area contributed by atoms with E-state index < -0.39 is 0 Å². The maximum atomic E-state index is 9.16. The fraction of sp³-hybridized carbons (Fsp3) is 0.250. The normalized spacial score (nSPS) is 19.2. The second-order valence-electron chi connectivity index (χ2n) is 2.58. The van der Waals surface area contributed by atoms with Crippen LogP contribution in [-0.2, 0) is 0 Å². The third kappa shape index (κ3) is 1.80. The summed E-state index contributed by atoms with van der Waals surface area (Å²) < 4.78 is 2.07. The molecule has 0 bridgehead atoms. The molecule has 1 aliphatic heterocycles. The molecule has 2 N–H and O–H groups in total. The summed E-state index contributed by atoms with van der Waals surface area (Å²) >= 11 is -0.0463. The van der Waals surface area contributed by atoms with E-state index in [0.29, 0.717) is 9.84 Å². The van der Waals surface area contributed by atoms with Gasteiger partial charge in [0, 0.05) is 0 Å². The van der Waals surface area contributed by atoms with Crippen molar-refractivity contribution < 1.29 is 5.11 Å². The molecular formula is C8H10ClNOTe. The summed E-state index contributed by atoms with van der Waals surface area (Å²) in [4.78, 5) is 0. The molecule has 0 spiro atoms. The van der Waals surface area contributed by atoms with E-state index >= 15 is 0 Å². The van der Waals surface area contributed by atoms with Crippen molar-refractivity contribution >= 4 is 42.6 Å². The molecule has 1 aliphatic rings. The minimum Gasteiger partial charge on any atom is -0.147 e. The van der Waals surface area contributed by atoms with E-state index in [1.54, 1.807) is 6.07 Å². The average molecular weight is 299 g/mol. The van der Waals surface area contributed by atoms with Gasteiger partial charge in [-0.05, 0) is 0 Å². The van der Waals surface area contributed by atoms with Crippen LogP contribution < -0.4 is 8.93 Å². The largest absolute Gasteiger partial charge is 0.147 e. The SMILES string of the molecule is CC1Nc2cc(O)ccc2[Te]1.Cl. The summed E-state index contributed by atoms with van der Waals surface area (Å²) in [5.74, 6) is 0.359. The Kier molecular flexibility index (Phi) is 3.11. The van der Waals surface area contributed by atoms with E-state index in [0.717, 1.165) is 5.69 Å². The predicted octanol–water partition coefficient (Wildman–Crippen LogP) is 0.915. The standard InChI is InChI=1S/C8H9NOTe.ClH/c1-5-9-7-4-6(10)2-3-8(7)11-5;/h2-5,9-10H,1H3;1H. The van der Waals surface area contributed by atoms with Gasteiger partial charge >= 0.3 is 75.6 Å². The van der Waals surface area contributed by atoms with Crippen LogP contribution in [0.3, 0.4) is 0 Å². The van der Waals surface area contributed by atoms with Gasteiger partial charge in [-0.1, -0.05) is 0 Å². The molecule has 0 saturated heterocycles. The number of phenols is 1. The Morgan fingerprint density at radius 2 is 2.25 bits per heavy atom. The summed E-state index contributed by atoms with van der Waals surface area (Å²) in [6, 6.07) is 5.61. The Balaban J connectivity index is 0.000000720. The number of benzene rings is 1. The van der Waals surface area contributed by atoms with Crippen molar-refractivity contribution in [2.75, 3.05) is 5.32 Å². The Hall–Kier alpha value is -0.100. The molecule has 1 atom stereocenters. The second-order valence-corrected chi connectivity index (χ2v) is 6.53. The van der Waals surface area contributed by atoms with Crippen LogP contribution in [-0.4, -0.2) is 30.1 Å². The van der Waals surface area contributed by atoms with Crippen LogP contribution in [0.2, 0.25) is 0 Å². The number of phenolic OH excluding ortho intramolecular Hbond substituents is 1. The molecule has 1 unspecified atom stereocenters. The average Bonchev–Trinajstić information content (AvgIpc) is 2.27. The van der Waals surface area contributed by atoms with Gasteiger partial charge in [0.05, 0.1) is 0 Å². The summed E-state index contributed by atoms with van der Waals surface area (Å²) in [6.07, 6.45) is 0. The number of halogens is 1. The van der Waals surface area contributed by atoms with Crippen molar-refractivity contribution in [3.63, 3.8) is 0 Å². The third-order valence-corrected chi connectivity index (χ3v) is 4.71. The minimum atomic E-state index is -0.0463. The molecule has 0 fully saturated rings. The van der Waals surface area contributed by atoms with Crippen molar-refractivity contribution in [1.82, 2.24) is 0 Å². The van der Waals surface area contributed by atoms with E-state index in [2.05, 4.69) is 12.2 Å². The molecule has 0 saturated carbocycles. The monoisotopic (exact) mass is 301 g/mol. The Bertz CT molecular complexity index is 292. The van der Waals surface area contributed by atoms with E-state index in [-0.39, 0.29) is 33.3 Å². The molecular weight excluding hydrogens is 289 g/mol. The van der Waals surface area contributed by atoms with Crippen molar-refractivity contribution in [2.24, 2.45) is 0 Å². The number of fused-ring (bicyclic) bond motifs is 1. The fourth-order valence-electron chi connectivity index (χ4n) is 1.17. The topological polar surface area (TPSA) is 32.3 Å². The molecule has 0 aromatic heterocycles. The quantitative estimate of drug-likeness (QED) is 0.698. The molecule has 1 heterocycles. The van der Waals surface area contributed by atoms with Gasteiger partial charge < -0.3 is 0 Å². The summed E-state index contributed by atoms with van der Waals surface area (Å²) in [7, 11) is 0. The van der Waals surface area contributed by atoms with Crippen LogP contribution in [0, 0.1) is 0 Å². The van der Waals surface area contributed by atoms with Gasteiger partial charge in [0.25, 0.3) is 0 Å². The Labute approximate surface area is 87.9 Å². The van der Waals surface area contributed by atoms with Crippen LogP contribution in [0.5, 0.6) is 5.75 Å². The third-order valence-electron chi connectivity index (χ3n) is 1.63. The zero-order valence-electron chi connectivity index (χ0n) is 6.57. The molecule has 66 valence electrons. The number of nitrogens with one attached hydrogen (secondary N) is 1. The van der Waals surface area contributed by atoms with Crippen LogP contribution in [0.1, 0.15) is 6.92 Å². The van der Waals surface area contributed by atoms with Crippen LogP contribution in [0.15, 0.2) is 18.2 Å². The number of aromatic hydroxyl groups is 1. The fourth-order valence-corrected chi connectivity index (χ4v) is 3.91. The van der Waals surface area contributed by atoms with Gasteiger partial charge in [-0.25, -0.2) is 0 Å². The van der Waals surface area contributed by atoms with Gasteiger partial charge in [0.2, 0.25) is 0 Å². The molecule has 0 aliphatic carbocycles. The number of hydrogen-bond acceptors (Lipinski definition) is 2. The van der Waals surface area contributed by atoms with Crippen molar-refractivity contribution in [3.8, 4) is 5.75 Å². The van der Waals surface area contributed by atoms with Crippen LogP contribution >= 0.6 is 12.4 Å². The molecule has 1 aromatic rings. The maximum Gasteiger partial charge on any atom is -0.147 e. The minimum absolute atomic E-state index is 0. The van der Waals surface area contributed by atoms with Crippen LogP contribution in [0.25, 0.3) is 0 Å². The maximum absolute atomic E-state index is 9.16. The number of anilines is 1. The van der Waals surface area contributed by atoms with Gasteiger partial charge in [-0.15, -0.1) is 12.4 Å². The smallest absolute Gasteiger partial charge is 0.147 e. The molecule has 1 aromatic carbocycles. The van der Waals surface area contributed by atoms with Crippen molar-refractivity contribution in [3.05, 3.63) is 18.2 Å². The zero-order valence-corrected chi connectivity index (χ0v) is 9.72. The molecule has 4 heteroatoms. The second kappa shape index (κ2) is 3.74. The summed E-state index contributed by atoms with van der Waals surface area (Å²) in [6.45, 7) is 2.19. The first kappa shape index (κ1) is 9.98. The summed E-state index contributed by atoms with van der Waals surface area (Å²) in [5, 5.41) is 12.5. The molecule has 2 nitrogen and oxygen atoms in total. The molecule has 12 heavy (non-hydrogen) atoms. The molecule has 2 rings (SSSR count). The molecule has 0 radical (unpaired) electrons. The predicted molar refractivity (Wildman–Crippen MR) is 53.8 cm³/mol. The van der Waals surface area contributed by atoms with E-state index in [9.17, 15) is 0 Å². The van der Waals surface area contributed by atoms with E-state index in [4.69, 9.17) is 5.11 Å². The molecule has 0 amide bonds. The number of hydrogen-bond donors (Lipinski definition) is 2. The van der Waals surface area contributed by atoms with Gasteiger partial charge in [0.1, 0.15) is 0 Å². The van der Waals surface area contributed by atoms with Crippen molar-refractivity contribution in [2.45, 2.75) is 11.0 Å². The first-order chi connectivity index (χ1) is 5.25. The first-order valence-corrected chi connectivity index (χ1v) is 6.03. The zero-order chi connectivity index (χ0) is 7.84. The van der Waals surface area contributed by atoms with Gasteiger partial charge in [0.15, 0.2) is 0 Å². The van der Waals surface area contributed by atoms with Crippen LogP contribution in [0.4, 0.5) is 5.69 Å². The van der Waals surface area contributed by atoms with E-state index in [1.807, 2.05) is 12.1 Å².